The van der Waals surface area contributed by atoms with Gasteiger partial charge in [0, 0.05) is 30.0 Å². The highest BCUT2D eigenvalue weighted by Gasteiger charge is 2.17. The molecule has 1 atom stereocenters. The molecule has 1 aliphatic rings. The molecule has 2 heterocycles. The Hall–Kier alpha value is -3.12. The molecular weight excluding hydrogens is 378 g/mol. The van der Waals surface area contributed by atoms with Gasteiger partial charge in [0.2, 0.25) is 0 Å². The SMILES string of the molecule is Cc1nn(-c2ccccc2)c(C)c1CNC(=O)c1cccc(OC[C@H]2CCCO2)c1. The number of carbonyl (C=O) groups excluding carboxylic acids is 1. The van der Waals surface area contributed by atoms with Crippen LogP contribution in [0.25, 0.3) is 5.69 Å². The minimum atomic E-state index is -0.135. The number of amides is 1. The van der Waals surface area contributed by atoms with Gasteiger partial charge < -0.3 is 14.8 Å². The number of aryl methyl sites for hydroxylation is 1. The van der Waals surface area contributed by atoms with E-state index in [2.05, 4.69) is 10.4 Å². The van der Waals surface area contributed by atoms with Gasteiger partial charge in [-0.25, -0.2) is 4.68 Å². The lowest BCUT2D eigenvalue weighted by Gasteiger charge is -2.12. The number of rotatable bonds is 7. The van der Waals surface area contributed by atoms with Gasteiger partial charge in [0.05, 0.1) is 17.5 Å². The molecule has 0 radical (unpaired) electrons. The molecule has 156 valence electrons. The molecule has 2 aromatic carbocycles. The van der Waals surface area contributed by atoms with E-state index in [4.69, 9.17) is 9.47 Å². The minimum absolute atomic E-state index is 0.135. The van der Waals surface area contributed by atoms with E-state index in [1.54, 1.807) is 12.1 Å². The number of nitrogens with zero attached hydrogens (tertiary/aromatic N) is 2. The molecule has 4 rings (SSSR count). The maximum absolute atomic E-state index is 12.7. The third-order valence-corrected chi connectivity index (χ3v) is 5.42. The Morgan fingerprint density at radius 2 is 2.03 bits per heavy atom. The second kappa shape index (κ2) is 9.13. The van der Waals surface area contributed by atoms with Crippen molar-refractivity contribution in [2.75, 3.05) is 13.2 Å². The molecule has 30 heavy (non-hydrogen) atoms. The lowest BCUT2D eigenvalue weighted by atomic mass is 10.1. The lowest BCUT2D eigenvalue weighted by Crippen LogP contribution is -2.23. The first-order valence-electron chi connectivity index (χ1n) is 10.3. The number of benzene rings is 2. The van der Waals surface area contributed by atoms with Crippen molar-refractivity contribution in [2.45, 2.75) is 39.3 Å². The summed E-state index contributed by atoms with van der Waals surface area (Å²) in [5.74, 6) is 0.547. The fourth-order valence-corrected chi connectivity index (χ4v) is 3.71. The molecule has 1 aliphatic heterocycles. The topological polar surface area (TPSA) is 65.4 Å². The van der Waals surface area contributed by atoms with Crippen molar-refractivity contribution in [2.24, 2.45) is 0 Å². The van der Waals surface area contributed by atoms with Gasteiger partial charge >= 0.3 is 0 Å². The van der Waals surface area contributed by atoms with E-state index >= 15 is 0 Å². The number of aromatic nitrogens is 2. The molecule has 6 heteroatoms. The van der Waals surface area contributed by atoms with E-state index in [-0.39, 0.29) is 12.0 Å². The number of para-hydroxylation sites is 1. The molecule has 0 bridgehead atoms. The predicted molar refractivity (Wildman–Crippen MR) is 115 cm³/mol. The van der Waals surface area contributed by atoms with Gasteiger partial charge in [-0.3, -0.25) is 4.79 Å². The fourth-order valence-electron chi connectivity index (χ4n) is 3.71. The maximum Gasteiger partial charge on any atom is 0.251 e. The summed E-state index contributed by atoms with van der Waals surface area (Å²) in [6, 6.07) is 17.3. The molecule has 0 aliphatic carbocycles. The number of ether oxygens (including phenoxy) is 2. The number of carbonyl (C=O) groups is 1. The van der Waals surface area contributed by atoms with Crippen LogP contribution in [0.15, 0.2) is 54.6 Å². The van der Waals surface area contributed by atoms with Crippen LogP contribution in [0.4, 0.5) is 0 Å². The van der Waals surface area contributed by atoms with Crippen LogP contribution in [-0.4, -0.2) is 35.0 Å². The zero-order chi connectivity index (χ0) is 20.9. The standard InChI is InChI=1S/C24H27N3O3/c1-17-23(18(2)27(26-17)20-9-4-3-5-10-20)15-25-24(28)19-8-6-11-21(14-19)30-16-22-12-7-13-29-22/h3-6,8-11,14,22H,7,12-13,15-16H2,1-2H3,(H,25,28)/t22-/m1/s1. The van der Waals surface area contributed by atoms with Gasteiger partial charge in [0.25, 0.3) is 5.91 Å². The normalized spacial score (nSPS) is 15.9. The summed E-state index contributed by atoms with van der Waals surface area (Å²) >= 11 is 0. The molecule has 1 aromatic heterocycles. The highest BCUT2D eigenvalue weighted by atomic mass is 16.5. The number of hydrogen-bond donors (Lipinski definition) is 1. The minimum Gasteiger partial charge on any atom is -0.491 e. The number of nitrogens with one attached hydrogen (secondary N) is 1. The Bertz CT molecular complexity index is 1010. The van der Waals surface area contributed by atoms with Gasteiger partial charge in [-0.2, -0.15) is 5.10 Å². The van der Waals surface area contributed by atoms with Crippen molar-refractivity contribution in [1.82, 2.24) is 15.1 Å². The van der Waals surface area contributed by atoms with Crippen molar-refractivity contribution in [3.05, 3.63) is 77.1 Å². The Labute approximate surface area is 176 Å². The van der Waals surface area contributed by atoms with Crippen molar-refractivity contribution in [3.63, 3.8) is 0 Å². The lowest BCUT2D eigenvalue weighted by molar-refractivity contribution is 0.0679. The number of hydrogen-bond acceptors (Lipinski definition) is 4. The van der Waals surface area contributed by atoms with Crippen LogP contribution in [-0.2, 0) is 11.3 Å². The summed E-state index contributed by atoms with van der Waals surface area (Å²) in [5, 5.41) is 7.65. The van der Waals surface area contributed by atoms with Gasteiger partial charge in [0.1, 0.15) is 12.4 Å². The third-order valence-electron chi connectivity index (χ3n) is 5.42. The largest absolute Gasteiger partial charge is 0.491 e. The van der Waals surface area contributed by atoms with Crippen LogP contribution in [0.1, 0.15) is 40.2 Å². The zero-order valence-corrected chi connectivity index (χ0v) is 17.4. The fraction of sp³-hybridized carbons (Fsp3) is 0.333. The molecule has 6 nitrogen and oxygen atoms in total. The average molecular weight is 405 g/mol. The van der Waals surface area contributed by atoms with E-state index in [1.807, 2.05) is 61.0 Å². The highest BCUT2D eigenvalue weighted by molar-refractivity contribution is 5.94. The van der Waals surface area contributed by atoms with Crippen LogP contribution >= 0.6 is 0 Å². The average Bonchev–Trinajstić information content (AvgIpc) is 3.39. The van der Waals surface area contributed by atoms with Crippen LogP contribution in [0, 0.1) is 13.8 Å². The van der Waals surface area contributed by atoms with Crippen molar-refractivity contribution in [3.8, 4) is 11.4 Å². The molecule has 3 aromatic rings. The second-order valence-electron chi connectivity index (χ2n) is 7.55. The first kappa shape index (κ1) is 20.2. The smallest absolute Gasteiger partial charge is 0.251 e. The van der Waals surface area contributed by atoms with Crippen LogP contribution < -0.4 is 10.1 Å². The van der Waals surface area contributed by atoms with E-state index < -0.39 is 0 Å². The molecule has 0 unspecified atom stereocenters. The van der Waals surface area contributed by atoms with Crippen molar-refractivity contribution in [1.29, 1.82) is 0 Å². The molecule has 1 amide bonds. The Morgan fingerprint density at radius 1 is 1.20 bits per heavy atom. The van der Waals surface area contributed by atoms with E-state index in [0.29, 0.717) is 24.5 Å². The first-order chi connectivity index (χ1) is 14.6. The first-order valence-corrected chi connectivity index (χ1v) is 10.3. The molecule has 0 saturated carbocycles. The van der Waals surface area contributed by atoms with E-state index in [1.165, 1.54) is 0 Å². The zero-order valence-electron chi connectivity index (χ0n) is 17.4. The summed E-state index contributed by atoms with van der Waals surface area (Å²) in [7, 11) is 0. The summed E-state index contributed by atoms with van der Waals surface area (Å²) in [6.45, 7) is 5.73. The molecule has 0 spiro atoms. The monoisotopic (exact) mass is 405 g/mol. The summed E-state index contributed by atoms with van der Waals surface area (Å²) in [5.41, 5.74) is 4.54. The highest BCUT2D eigenvalue weighted by Crippen LogP contribution is 2.19. The summed E-state index contributed by atoms with van der Waals surface area (Å²) in [6.07, 6.45) is 2.25. The van der Waals surface area contributed by atoms with Gasteiger partial charge in [0.15, 0.2) is 0 Å². The maximum atomic E-state index is 12.7. The molecule has 1 fully saturated rings. The van der Waals surface area contributed by atoms with E-state index in [9.17, 15) is 4.79 Å². The molecular formula is C24H27N3O3. The third kappa shape index (κ3) is 4.54. The Morgan fingerprint density at radius 3 is 2.80 bits per heavy atom. The van der Waals surface area contributed by atoms with Crippen molar-refractivity contribution >= 4 is 5.91 Å². The summed E-state index contributed by atoms with van der Waals surface area (Å²) < 4.78 is 13.3. The second-order valence-corrected chi connectivity index (χ2v) is 7.55. The van der Waals surface area contributed by atoms with Gasteiger partial charge in [-0.05, 0) is 57.0 Å². The quantitative estimate of drug-likeness (QED) is 0.646. The van der Waals surface area contributed by atoms with Gasteiger partial charge in [-0.15, -0.1) is 0 Å². The predicted octanol–water partition coefficient (Wildman–Crippen LogP) is 3.98. The van der Waals surface area contributed by atoms with Crippen LogP contribution in [0.2, 0.25) is 0 Å². The molecule has 1 N–H and O–H groups in total. The summed E-state index contributed by atoms with van der Waals surface area (Å²) in [4.78, 5) is 12.7. The van der Waals surface area contributed by atoms with Crippen LogP contribution in [0.3, 0.4) is 0 Å². The Kier molecular flexibility index (Phi) is 6.14. The molecule has 1 saturated heterocycles. The van der Waals surface area contributed by atoms with Crippen LogP contribution in [0.5, 0.6) is 5.75 Å². The van der Waals surface area contributed by atoms with Gasteiger partial charge in [-0.1, -0.05) is 24.3 Å². The van der Waals surface area contributed by atoms with E-state index in [0.717, 1.165) is 42.1 Å². The van der Waals surface area contributed by atoms with Crippen molar-refractivity contribution < 1.29 is 14.3 Å². The Balaban J connectivity index is 1.40.